The Kier molecular flexibility index (Phi) is 2.37. The summed E-state index contributed by atoms with van der Waals surface area (Å²) in [6, 6.07) is 11.2. The second kappa shape index (κ2) is 4.03. The molecule has 2 heterocycles. The van der Waals surface area contributed by atoms with Crippen molar-refractivity contribution in [2.24, 2.45) is 0 Å². The molecule has 0 amide bonds. The molecule has 5 nitrogen and oxygen atoms in total. The Hall–Kier alpha value is -2.56. The predicted molar refractivity (Wildman–Crippen MR) is 67.5 cm³/mol. The molecule has 0 aliphatic carbocycles. The minimum atomic E-state index is 0.333. The third-order valence-corrected chi connectivity index (χ3v) is 2.55. The number of hydrogen-bond donors (Lipinski definition) is 1. The number of benzene rings is 1. The molecule has 0 fully saturated rings. The van der Waals surface area contributed by atoms with Gasteiger partial charge in [-0.25, -0.2) is 0 Å². The van der Waals surface area contributed by atoms with E-state index in [1.807, 2.05) is 31.2 Å². The van der Waals surface area contributed by atoms with E-state index in [9.17, 15) is 0 Å². The number of pyridine rings is 1. The standard InChI is InChI=1S/C13H11N3O2/c1-8-3-2-4-9(7-8)17-11-6-5-10-12(14)16-18-13(10)15-11/h2-7H,1H3,(H2,14,16). The Morgan fingerprint density at radius 3 is 2.94 bits per heavy atom. The van der Waals surface area contributed by atoms with Gasteiger partial charge in [-0.05, 0) is 30.7 Å². The van der Waals surface area contributed by atoms with Gasteiger partial charge in [-0.3, -0.25) is 0 Å². The molecule has 0 radical (unpaired) electrons. The Morgan fingerprint density at radius 1 is 1.22 bits per heavy atom. The molecule has 5 heteroatoms. The highest BCUT2D eigenvalue weighted by Crippen LogP contribution is 2.25. The van der Waals surface area contributed by atoms with Crippen molar-refractivity contribution in [1.29, 1.82) is 0 Å². The molecule has 1 aromatic carbocycles. The summed E-state index contributed by atoms with van der Waals surface area (Å²) in [5, 5.41) is 4.33. The van der Waals surface area contributed by atoms with E-state index < -0.39 is 0 Å². The normalized spacial score (nSPS) is 10.7. The number of nitrogens with two attached hydrogens (primary N) is 1. The second-order valence-electron chi connectivity index (χ2n) is 3.99. The van der Waals surface area contributed by atoms with Gasteiger partial charge in [-0.2, -0.15) is 4.98 Å². The zero-order chi connectivity index (χ0) is 12.5. The molecular weight excluding hydrogens is 230 g/mol. The number of anilines is 1. The van der Waals surface area contributed by atoms with Gasteiger partial charge in [0.1, 0.15) is 5.75 Å². The van der Waals surface area contributed by atoms with Crippen molar-refractivity contribution in [1.82, 2.24) is 10.1 Å². The number of nitrogen functional groups attached to an aromatic ring is 1. The molecule has 90 valence electrons. The van der Waals surface area contributed by atoms with Crippen molar-refractivity contribution in [3.05, 3.63) is 42.0 Å². The molecule has 3 rings (SSSR count). The first-order valence-electron chi connectivity index (χ1n) is 5.49. The van der Waals surface area contributed by atoms with Crippen LogP contribution in [0.3, 0.4) is 0 Å². The van der Waals surface area contributed by atoms with E-state index in [4.69, 9.17) is 15.0 Å². The van der Waals surface area contributed by atoms with Gasteiger partial charge in [0, 0.05) is 6.07 Å². The molecule has 0 spiro atoms. The molecule has 18 heavy (non-hydrogen) atoms. The van der Waals surface area contributed by atoms with E-state index in [0.717, 1.165) is 11.3 Å². The molecular formula is C13H11N3O2. The summed E-state index contributed by atoms with van der Waals surface area (Å²) in [7, 11) is 0. The van der Waals surface area contributed by atoms with Crippen molar-refractivity contribution >= 4 is 16.9 Å². The van der Waals surface area contributed by atoms with Crippen LogP contribution >= 0.6 is 0 Å². The van der Waals surface area contributed by atoms with Gasteiger partial charge < -0.3 is 15.0 Å². The first kappa shape index (κ1) is 10.6. The van der Waals surface area contributed by atoms with Crippen LogP contribution in [0.1, 0.15) is 5.56 Å². The van der Waals surface area contributed by atoms with Crippen molar-refractivity contribution in [2.75, 3.05) is 5.73 Å². The maximum atomic E-state index is 5.64. The molecule has 0 saturated heterocycles. The number of aryl methyl sites for hydroxylation is 1. The lowest BCUT2D eigenvalue weighted by Crippen LogP contribution is -1.88. The van der Waals surface area contributed by atoms with E-state index in [1.165, 1.54) is 0 Å². The summed E-state index contributed by atoms with van der Waals surface area (Å²) >= 11 is 0. The zero-order valence-corrected chi connectivity index (χ0v) is 9.75. The van der Waals surface area contributed by atoms with Crippen molar-refractivity contribution < 1.29 is 9.26 Å². The van der Waals surface area contributed by atoms with Crippen molar-refractivity contribution in [2.45, 2.75) is 6.92 Å². The summed E-state index contributed by atoms with van der Waals surface area (Å²) in [6.45, 7) is 2.00. The number of fused-ring (bicyclic) bond motifs is 1. The number of hydrogen-bond acceptors (Lipinski definition) is 5. The van der Waals surface area contributed by atoms with Gasteiger partial charge >= 0.3 is 0 Å². The zero-order valence-electron chi connectivity index (χ0n) is 9.75. The van der Waals surface area contributed by atoms with Gasteiger partial charge in [-0.1, -0.05) is 17.3 Å². The fraction of sp³-hybridized carbons (Fsp3) is 0.0769. The molecule has 0 saturated carbocycles. The average molecular weight is 241 g/mol. The van der Waals surface area contributed by atoms with Crippen LogP contribution in [0.15, 0.2) is 40.9 Å². The lowest BCUT2D eigenvalue weighted by molar-refractivity contribution is 0.434. The molecule has 2 N–H and O–H groups in total. The van der Waals surface area contributed by atoms with Crippen LogP contribution in [0, 0.1) is 6.92 Å². The van der Waals surface area contributed by atoms with Crippen LogP contribution in [-0.2, 0) is 0 Å². The summed E-state index contributed by atoms with van der Waals surface area (Å²) < 4.78 is 10.6. The van der Waals surface area contributed by atoms with Crippen LogP contribution in [0.2, 0.25) is 0 Å². The van der Waals surface area contributed by atoms with E-state index in [0.29, 0.717) is 22.8 Å². The summed E-state index contributed by atoms with van der Waals surface area (Å²) in [6.07, 6.45) is 0. The fourth-order valence-electron chi connectivity index (χ4n) is 1.69. The van der Waals surface area contributed by atoms with E-state index in [1.54, 1.807) is 12.1 Å². The van der Waals surface area contributed by atoms with Gasteiger partial charge in [0.05, 0.1) is 5.39 Å². The van der Waals surface area contributed by atoms with E-state index in [2.05, 4.69) is 10.1 Å². The third kappa shape index (κ3) is 1.86. The fourth-order valence-corrected chi connectivity index (χ4v) is 1.69. The second-order valence-corrected chi connectivity index (χ2v) is 3.99. The third-order valence-electron chi connectivity index (χ3n) is 2.55. The highest BCUT2D eigenvalue weighted by molar-refractivity contribution is 5.84. The number of aromatic nitrogens is 2. The van der Waals surface area contributed by atoms with E-state index in [-0.39, 0.29) is 0 Å². The van der Waals surface area contributed by atoms with Crippen molar-refractivity contribution in [3.63, 3.8) is 0 Å². The Balaban J connectivity index is 1.95. The molecule has 0 aliphatic rings. The average Bonchev–Trinajstić information content (AvgIpc) is 2.71. The van der Waals surface area contributed by atoms with Crippen molar-refractivity contribution in [3.8, 4) is 11.6 Å². The first-order valence-corrected chi connectivity index (χ1v) is 5.49. The largest absolute Gasteiger partial charge is 0.439 e. The van der Waals surface area contributed by atoms with Gasteiger partial charge in [0.25, 0.3) is 5.71 Å². The maximum absolute atomic E-state index is 5.64. The van der Waals surface area contributed by atoms with Crippen LogP contribution in [-0.4, -0.2) is 10.1 Å². The number of nitrogens with zero attached hydrogens (tertiary/aromatic N) is 2. The van der Waals surface area contributed by atoms with Crippen LogP contribution in [0.4, 0.5) is 5.82 Å². The Labute approximate surface area is 103 Å². The minimum absolute atomic E-state index is 0.333. The summed E-state index contributed by atoms with van der Waals surface area (Å²) in [5.74, 6) is 1.51. The van der Waals surface area contributed by atoms with Gasteiger partial charge in [0.2, 0.25) is 5.88 Å². The van der Waals surface area contributed by atoms with Crippen LogP contribution in [0.25, 0.3) is 11.1 Å². The first-order chi connectivity index (χ1) is 8.72. The molecule has 0 atom stereocenters. The van der Waals surface area contributed by atoms with Crippen LogP contribution in [0.5, 0.6) is 11.6 Å². The lowest BCUT2D eigenvalue weighted by Gasteiger charge is -2.04. The molecule has 2 aromatic heterocycles. The summed E-state index contributed by atoms with van der Waals surface area (Å²) in [4.78, 5) is 4.19. The quantitative estimate of drug-likeness (QED) is 0.746. The topological polar surface area (TPSA) is 74.2 Å². The lowest BCUT2D eigenvalue weighted by atomic mass is 10.2. The SMILES string of the molecule is Cc1cccc(Oc2ccc3c(N)noc3n2)c1. The number of ether oxygens (including phenoxy) is 1. The smallest absolute Gasteiger partial charge is 0.263 e. The monoisotopic (exact) mass is 241 g/mol. The Bertz CT molecular complexity index is 706. The van der Waals surface area contributed by atoms with E-state index >= 15 is 0 Å². The predicted octanol–water partition coefficient (Wildman–Crippen LogP) is 2.91. The Morgan fingerprint density at radius 2 is 2.11 bits per heavy atom. The van der Waals surface area contributed by atoms with Gasteiger partial charge in [-0.15, -0.1) is 0 Å². The minimum Gasteiger partial charge on any atom is -0.439 e. The molecule has 3 aromatic rings. The molecule has 0 unspecified atom stereocenters. The highest BCUT2D eigenvalue weighted by Gasteiger charge is 2.08. The molecule has 0 bridgehead atoms. The molecule has 0 aliphatic heterocycles. The highest BCUT2D eigenvalue weighted by atomic mass is 16.5. The summed E-state index contributed by atoms with van der Waals surface area (Å²) in [5.41, 5.74) is 7.11. The number of rotatable bonds is 2. The van der Waals surface area contributed by atoms with Crippen LogP contribution < -0.4 is 10.5 Å². The maximum Gasteiger partial charge on any atom is 0.263 e. The van der Waals surface area contributed by atoms with Gasteiger partial charge in [0.15, 0.2) is 5.82 Å².